The molecule has 1 aliphatic heterocycles. The number of nitrogens with zero attached hydrogens (tertiary/aromatic N) is 1. The number of ketones is 1. The van der Waals surface area contributed by atoms with Crippen LogP contribution >= 0.6 is 0 Å². The maximum absolute atomic E-state index is 11.5. The number of aromatic nitrogens is 1. The summed E-state index contributed by atoms with van der Waals surface area (Å²) in [6, 6.07) is 2.03. The smallest absolute Gasteiger partial charge is 0.185 e. The summed E-state index contributed by atoms with van der Waals surface area (Å²) < 4.78 is 0. The van der Waals surface area contributed by atoms with Crippen LogP contribution in [0.3, 0.4) is 0 Å². The Morgan fingerprint density at radius 1 is 1.50 bits per heavy atom. The Labute approximate surface area is 83.5 Å². The molecular formula is C11H14N2O. The second-order valence-corrected chi connectivity index (χ2v) is 3.92. The Morgan fingerprint density at radius 2 is 2.29 bits per heavy atom. The zero-order chi connectivity index (χ0) is 10.1. The molecule has 1 aromatic heterocycles. The summed E-state index contributed by atoms with van der Waals surface area (Å²) in [5.74, 6) is 0.598. The van der Waals surface area contributed by atoms with E-state index in [0.717, 1.165) is 12.2 Å². The van der Waals surface area contributed by atoms with Crippen LogP contribution in [0.15, 0.2) is 12.3 Å². The summed E-state index contributed by atoms with van der Waals surface area (Å²) in [6.45, 7) is 4.97. The van der Waals surface area contributed by atoms with Crippen molar-refractivity contribution in [2.75, 3.05) is 11.9 Å². The molecule has 74 valence electrons. The molecule has 3 heteroatoms. The van der Waals surface area contributed by atoms with Gasteiger partial charge in [-0.25, -0.2) is 0 Å². The molecule has 0 fully saturated rings. The van der Waals surface area contributed by atoms with E-state index >= 15 is 0 Å². The lowest BCUT2D eigenvalue weighted by molar-refractivity contribution is 0.0979. The second-order valence-electron chi connectivity index (χ2n) is 3.92. The molecule has 0 aromatic carbocycles. The SMILES string of the molecule is CC(C)c1cnc2c(c1)NCCC2=O. The van der Waals surface area contributed by atoms with Gasteiger partial charge < -0.3 is 5.32 Å². The van der Waals surface area contributed by atoms with Gasteiger partial charge in [0.15, 0.2) is 5.78 Å². The first-order chi connectivity index (χ1) is 6.68. The van der Waals surface area contributed by atoms with Crippen LogP contribution in [0.1, 0.15) is 42.2 Å². The minimum Gasteiger partial charge on any atom is -0.383 e. The quantitative estimate of drug-likeness (QED) is 0.738. The molecule has 1 aromatic rings. The third kappa shape index (κ3) is 1.50. The summed E-state index contributed by atoms with van der Waals surface area (Å²) in [7, 11) is 0. The Bertz CT molecular complexity index is 372. The van der Waals surface area contributed by atoms with E-state index in [2.05, 4.69) is 24.1 Å². The van der Waals surface area contributed by atoms with Gasteiger partial charge in [-0.15, -0.1) is 0 Å². The van der Waals surface area contributed by atoms with Crippen LogP contribution in [-0.4, -0.2) is 17.3 Å². The van der Waals surface area contributed by atoms with Crippen molar-refractivity contribution >= 4 is 11.5 Å². The van der Waals surface area contributed by atoms with Crippen molar-refractivity contribution in [3.05, 3.63) is 23.5 Å². The fourth-order valence-electron chi connectivity index (χ4n) is 1.58. The number of nitrogens with one attached hydrogen (secondary N) is 1. The molecule has 0 radical (unpaired) electrons. The Morgan fingerprint density at radius 3 is 3.00 bits per heavy atom. The van der Waals surface area contributed by atoms with Gasteiger partial charge in [0.05, 0.1) is 5.69 Å². The first-order valence-corrected chi connectivity index (χ1v) is 4.95. The summed E-state index contributed by atoms with van der Waals surface area (Å²) in [5, 5.41) is 3.20. The highest BCUT2D eigenvalue weighted by molar-refractivity contribution is 6.01. The average molecular weight is 190 g/mol. The van der Waals surface area contributed by atoms with Crippen LogP contribution in [0.4, 0.5) is 5.69 Å². The molecule has 0 saturated carbocycles. The van der Waals surface area contributed by atoms with E-state index in [9.17, 15) is 4.79 Å². The normalized spacial score (nSPS) is 15.2. The molecule has 3 nitrogen and oxygen atoms in total. The number of anilines is 1. The van der Waals surface area contributed by atoms with Crippen LogP contribution in [0.5, 0.6) is 0 Å². The molecule has 0 atom stereocenters. The molecule has 0 amide bonds. The average Bonchev–Trinajstić information content (AvgIpc) is 2.17. The van der Waals surface area contributed by atoms with Crippen molar-refractivity contribution in [3.63, 3.8) is 0 Å². The van der Waals surface area contributed by atoms with E-state index in [1.165, 1.54) is 5.56 Å². The molecule has 1 N–H and O–H groups in total. The first-order valence-electron chi connectivity index (χ1n) is 4.95. The van der Waals surface area contributed by atoms with E-state index in [0.29, 0.717) is 18.0 Å². The van der Waals surface area contributed by atoms with Crippen molar-refractivity contribution in [2.24, 2.45) is 0 Å². The van der Waals surface area contributed by atoms with Gasteiger partial charge in [0, 0.05) is 19.2 Å². The molecule has 1 aliphatic rings. The van der Waals surface area contributed by atoms with Gasteiger partial charge >= 0.3 is 0 Å². The highest BCUT2D eigenvalue weighted by Gasteiger charge is 2.18. The lowest BCUT2D eigenvalue weighted by Gasteiger charge is -2.17. The maximum Gasteiger partial charge on any atom is 0.185 e. The summed E-state index contributed by atoms with van der Waals surface area (Å²) in [4.78, 5) is 15.7. The molecule has 0 saturated heterocycles. The van der Waals surface area contributed by atoms with Crippen molar-refractivity contribution in [1.29, 1.82) is 0 Å². The topological polar surface area (TPSA) is 42.0 Å². The molecule has 0 aliphatic carbocycles. The summed E-state index contributed by atoms with van der Waals surface area (Å²) in [5.41, 5.74) is 2.67. The van der Waals surface area contributed by atoms with Gasteiger partial charge in [0.2, 0.25) is 0 Å². The molecule has 2 rings (SSSR count). The predicted octanol–water partition coefficient (Wildman–Crippen LogP) is 2.20. The first kappa shape index (κ1) is 9.19. The fourth-order valence-corrected chi connectivity index (χ4v) is 1.58. The number of rotatable bonds is 1. The number of Topliss-reactive ketones (excluding diaryl/α,β-unsaturated/α-hetero) is 1. The lowest BCUT2D eigenvalue weighted by atomic mass is 10.0. The monoisotopic (exact) mass is 190 g/mol. The minimum absolute atomic E-state index is 0.147. The van der Waals surface area contributed by atoms with E-state index < -0.39 is 0 Å². The van der Waals surface area contributed by atoms with Gasteiger partial charge in [0.1, 0.15) is 5.69 Å². The van der Waals surface area contributed by atoms with Crippen molar-refractivity contribution in [1.82, 2.24) is 4.98 Å². The van der Waals surface area contributed by atoms with Crippen LogP contribution < -0.4 is 5.32 Å². The second kappa shape index (κ2) is 3.40. The van der Waals surface area contributed by atoms with Crippen LogP contribution in [0.2, 0.25) is 0 Å². The predicted molar refractivity (Wildman–Crippen MR) is 55.8 cm³/mol. The summed E-state index contributed by atoms with van der Waals surface area (Å²) in [6.07, 6.45) is 2.36. The maximum atomic E-state index is 11.5. The molecule has 0 bridgehead atoms. The van der Waals surface area contributed by atoms with Crippen LogP contribution in [0, 0.1) is 0 Å². The Kier molecular flexibility index (Phi) is 2.23. The zero-order valence-corrected chi connectivity index (χ0v) is 8.50. The molecule has 0 unspecified atom stereocenters. The number of pyridine rings is 1. The van der Waals surface area contributed by atoms with Crippen molar-refractivity contribution in [2.45, 2.75) is 26.2 Å². The van der Waals surface area contributed by atoms with Gasteiger partial charge in [-0.1, -0.05) is 13.8 Å². The number of fused-ring (bicyclic) bond motifs is 1. The standard InChI is InChI=1S/C11H14N2O/c1-7(2)8-5-9-11(13-6-8)10(14)3-4-12-9/h5-7,12H,3-4H2,1-2H3. The van der Waals surface area contributed by atoms with Crippen LogP contribution in [0.25, 0.3) is 0 Å². The van der Waals surface area contributed by atoms with Gasteiger partial charge in [-0.3, -0.25) is 9.78 Å². The number of hydrogen-bond acceptors (Lipinski definition) is 3. The highest BCUT2D eigenvalue weighted by Crippen LogP contribution is 2.24. The van der Waals surface area contributed by atoms with E-state index in [-0.39, 0.29) is 5.78 Å². The fraction of sp³-hybridized carbons (Fsp3) is 0.455. The van der Waals surface area contributed by atoms with E-state index in [4.69, 9.17) is 0 Å². The number of carbonyl (C=O) groups excluding carboxylic acids is 1. The van der Waals surface area contributed by atoms with E-state index in [1.807, 2.05) is 6.07 Å². The summed E-state index contributed by atoms with van der Waals surface area (Å²) >= 11 is 0. The van der Waals surface area contributed by atoms with Gasteiger partial charge in [-0.2, -0.15) is 0 Å². The van der Waals surface area contributed by atoms with Crippen molar-refractivity contribution in [3.8, 4) is 0 Å². The van der Waals surface area contributed by atoms with Crippen molar-refractivity contribution < 1.29 is 4.79 Å². The molecule has 14 heavy (non-hydrogen) atoms. The van der Waals surface area contributed by atoms with Gasteiger partial charge in [0.25, 0.3) is 0 Å². The van der Waals surface area contributed by atoms with Crippen LogP contribution in [-0.2, 0) is 0 Å². The number of hydrogen-bond donors (Lipinski definition) is 1. The Hall–Kier alpha value is -1.38. The zero-order valence-electron chi connectivity index (χ0n) is 8.50. The number of carbonyl (C=O) groups is 1. The lowest BCUT2D eigenvalue weighted by Crippen LogP contribution is -2.19. The Balaban J connectivity index is 2.44. The molecular weight excluding hydrogens is 176 g/mol. The van der Waals surface area contributed by atoms with Gasteiger partial charge in [-0.05, 0) is 17.5 Å². The molecule has 0 spiro atoms. The minimum atomic E-state index is 0.147. The largest absolute Gasteiger partial charge is 0.383 e. The molecule has 2 heterocycles. The van der Waals surface area contributed by atoms with E-state index in [1.54, 1.807) is 6.20 Å². The third-order valence-electron chi connectivity index (χ3n) is 2.51. The highest BCUT2D eigenvalue weighted by atomic mass is 16.1. The third-order valence-corrected chi connectivity index (χ3v) is 2.51.